The van der Waals surface area contributed by atoms with Crippen LogP contribution in [0.1, 0.15) is 6.92 Å². The van der Waals surface area contributed by atoms with Gasteiger partial charge in [-0.05, 0) is 24.5 Å². The molecule has 1 atom stereocenters. The van der Waals surface area contributed by atoms with E-state index in [1.54, 1.807) is 19.5 Å². The first-order chi connectivity index (χ1) is 8.72. The van der Waals surface area contributed by atoms with Crippen LogP contribution in [0, 0.1) is 0 Å². The average Bonchev–Trinajstić information content (AvgIpc) is 2.78. The van der Waals surface area contributed by atoms with E-state index in [1.165, 1.54) is 11.5 Å². The van der Waals surface area contributed by atoms with E-state index in [0.29, 0.717) is 12.4 Å². The smallest absolute Gasteiger partial charge is 0.147 e. The first-order valence-corrected chi connectivity index (χ1v) is 6.42. The normalized spacial score (nSPS) is 12.3. The minimum absolute atomic E-state index is 0.134. The third kappa shape index (κ3) is 2.77. The monoisotopic (exact) mass is 264 g/mol. The fraction of sp³-hybridized carbons (Fsp3) is 0.333. The lowest BCUT2D eigenvalue weighted by Crippen LogP contribution is -2.17. The van der Waals surface area contributed by atoms with Gasteiger partial charge in [-0.2, -0.15) is 4.37 Å². The van der Waals surface area contributed by atoms with Crippen LogP contribution in [0.5, 0.6) is 0 Å². The number of nitrogens with two attached hydrogens (primary N) is 1. The van der Waals surface area contributed by atoms with Gasteiger partial charge in [-0.25, -0.2) is 0 Å². The molecule has 96 valence electrons. The van der Waals surface area contributed by atoms with E-state index in [-0.39, 0.29) is 6.10 Å². The van der Waals surface area contributed by atoms with Gasteiger partial charge in [-0.1, -0.05) is 6.07 Å². The van der Waals surface area contributed by atoms with Crippen molar-refractivity contribution < 1.29 is 4.74 Å². The summed E-state index contributed by atoms with van der Waals surface area (Å²) in [6.07, 6.45) is 3.65. The summed E-state index contributed by atoms with van der Waals surface area (Å²) in [5, 5.41) is 4.26. The molecule has 0 saturated carbocycles. The Morgan fingerprint density at radius 2 is 2.39 bits per heavy atom. The first kappa shape index (κ1) is 12.8. The third-order valence-corrected chi connectivity index (χ3v) is 3.44. The van der Waals surface area contributed by atoms with E-state index < -0.39 is 0 Å². The molecule has 2 heterocycles. The predicted octanol–water partition coefficient (Wildman–Crippen LogP) is 2.23. The van der Waals surface area contributed by atoms with Gasteiger partial charge in [0.05, 0.1) is 11.7 Å². The van der Waals surface area contributed by atoms with Crippen LogP contribution >= 0.6 is 11.5 Å². The van der Waals surface area contributed by atoms with Gasteiger partial charge in [0.1, 0.15) is 10.8 Å². The summed E-state index contributed by atoms with van der Waals surface area (Å²) in [5.74, 6) is 0.528. The quantitative estimate of drug-likeness (QED) is 0.866. The van der Waals surface area contributed by atoms with Crippen molar-refractivity contribution in [3.05, 3.63) is 24.5 Å². The topological polar surface area (TPSA) is 73.1 Å². The highest BCUT2D eigenvalue weighted by molar-refractivity contribution is 7.11. The lowest BCUT2D eigenvalue weighted by atomic mass is 10.1. The molecule has 3 N–H and O–H groups in total. The molecule has 0 aliphatic carbocycles. The minimum Gasteiger partial charge on any atom is -0.382 e. The standard InChI is InChI=1S/C12H16N4OS/c1-8(17-2)6-15-12-10(11(13)16-18-12)9-4-3-5-14-7-9/h3-5,7-8,15H,6H2,1-2H3,(H2,13,16). The number of anilines is 2. The van der Waals surface area contributed by atoms with Crippen LogP contribution < -0.4 is 11.1 Å². The fourth-order valence-corrected chi connectivity index (χ4v) is 2.27. The highest BCUT2D eigenvalue weighted by Gasteiger charge is 2.14. The minimum atomic E-state index is 0.134. The number of methoxy groups -OCH3 is 1. The Balaban J connectivity index is 2.23. The number of aromatic nitrogens is 2. The molecule has 0 spiro atoms. The number of hydrogen-bond donors (Lipinski definition) is 2. The average molecular weight is 264 g/mol. The number of ether oxygens (including phenoxy) is 1. The van der Waals surface area contributed by atoms with E-state index >= 15 is 0 Å². The summed E-state index contributed by atoms with van der Waals surface area (Å²) in [5.41, 5.74) is 7.79. The zero-order valence-corrected chi connectivity index (χ0v) is 11.2. The Kier molecular flexibility index (Phi) is 4.11. The van der Waals surface area contributed by atoms with Gasteiger partial charge in [0.25, 0.3) is 0 Å². The number of nitrogens with zero attached hydrogens (tertiary/aromatic N) is 2. The highest BCUT2D eigenvalue weighted by atomic mass is 32.1. The number of nitrogens with one attached hydrogen (secondary N) is 1. The van der Waals surface area contributed by atoms with Gasteiger partial charge in [-0.15, -0.1) is 0 Å². The Morgan fingerprint density at radius 3 is 3.06 bits per heavy atom. The van der Waals surface area contributed by atoms with Crippen LogP contribution in [0.4, 0.5) is 10.8 Å². The SMILES string of the molecule is COC(C)CNc1snc(N)c1-c1cccnc1. The predicted molar refractivity (Wildman–Crippen MR) is 74.7 cm³/mol. The third-order valence-electron chi connectivity index (χ3n) is 2.62. The van der Waals surface area contributed by atoms with Gasteiger partial charge in [0.15, 0.2) is 0 Å². The highest BCUT2D eigenvalue weighted by Crippen LogP contribution is 2.36. The molecule has 0 aliphatic rings. The maximum Gasteiger partial charge on any atom is 0.147 e. The molecular weight excluding hydrogens is 248 g/mol. The van der Waals surface area contributed by atoms with Crippen molar-refractivity contribution in [2.45, 2.75) is 13.0 Å². The van der Waals surface area contributed by atoms with Gasteiger partial charge >= 0.3 is 0 Å². The summed E-state index contributed by atoms with van der Waals surface area (Å²) in [7, 11) is 1.69. The van der Waals surface area contributed by atoms with Gasteiger partial charge < -0.3 is 15.8 Å². The molecule has 1 unspecified atom stereocenters. The number of pyridine rings is 1. The second kappa shape index (κ2) is 5.79. The van der Waals surface area contributed by atoms with Crippen LogP contribution in [0.25, 0.3) is 11.1 Å². The molecule has 0 aliphatic heterocycles. The molecule has 2 aromatic rings. The molecule has 2 aromatic heterocycles. The van der Waals surface area contributed by atoms with E-state index in [4.69, 9.17) is 10.5 Å². The molecule has 0 bridgehead atoms. The van der Waals surface area contributed by atoms with E-state index in [2.05, 4.69) is 14.7 Å². The molecular formula is C12H16N4OS. The maximum absolute atomic E-state index is 5.91. The molecule has 18 heavy (non-hydrogen) atoms. The van der Waals surface area contributed by atoms with E-state index in [0.717, 1.165) is 16.1 Å². The zero-order valence-electron chi connectivity index (χ0n) is 10.4. The largest absolute Gasteiger partial charge is 0.382 e. The molecule has 6 heteroatoms. The molecule has 2 rings (SSSR count). The maximum atomic E-state index is 5.91. The Bertz CT molecular complexity index is 500. The van der Waals surface area contributed by atoms with Crippen LogP contribution in [0.2, 0.25) is 0 Å². The summed E-state index contributed by atoms with van der Waals surface area (Å²) in [6, 6.07) is 3.85. The second-order valence-corrected chi connectivity index (χ2v) is 4.71. The second-order valence-electron chi connectivity index (χ2n) is 3.94. The van der Waals surface area contributed by atoms with Gasteiger partial charge in [0, 0.05) is 31.6 Å². The molecule has 0 amide bonds. The molecule has 0 aromatic carbocycles. The summed E-state index contributed by atoms with van der Waals surface area (Å²) >= 11 is 1.35. The van der Waals surface area contributed by atoms with Crippen LogP contribution in [0.15, 0.2) is 24.5 Å². The van der Waals surface area contributed by atoms with Crippen molar-refractivity contribution in [1.29, 1.82) is 0 Å². The van der Waals surface area contributed by atoms with Crippen molar-refractivity contribution in [2.75, 3.05) is 24.7 Å². The Hall–Kier alpha value is -1.66. The van der Waals surface area contributed by atoms with Crippen LogP contribution in [0.3, 0.4) is 0 Å². The number of rotatable bonds is 5. The van der Waals surface area contributed by atoms with Gasteiger partial charge in [-0.3, -0.25) is 4.98 Å². The molecule has 0 saturated heterocycles. The van der Waals surface area contributed by atoms with Crippen molar-refractivity contribution in [3.63, 3.8) is 0 Å². The summed E-state index contributed by atoms with van der Waals surface area (Å²) in [4.78, 5) is 4.10. The lowest BCUT2D eigenvalue weighted by molar-refractivity contribution is 0.129. The number of hydrogen-bond acceptors (Lipinski definition) is 6. The van der Waals surface area contributed by atoms with Crippen LogP contribution in [-0.4, -0.2) is 29.1 Å². The fourth-order valence-electron chi connectivity index (χ4n) is 1.53. The van der Waals surface area contributed by atoms with E-state index in [1.807, 2.05) is 19.1 Å². The number of nitrogen functional groups attached to an aromatic ring is 1. The van der Waals surface area contributed by atoms with Gasteiger partial charge in [0.2, 0.25) is 0 Å². The Labute approximate surface area is 110 Å². The van der Waals surface area contributed by atoms with E-state index in [9.17, 15) is 0 Å². The van der Waals surface area contributed by atoms with Crippen molar-refractivity contribution in [3.8, 4) is 11.1 Å². The van der Waals surface area contributed by atoms with Crippen LogP contribution in [-0.2, 0) is 4.74 Å². The van der Waals surface area contributed by atoms with Crippen molar-refractivity contribution in [2.24, 2.45) is 0 Å². The molecule has 5 nitrogen and oxygen atoms in total. The Morgan fingerprint density at radius 1 is 1.56 bits per heavy atom. The molecule has 0 radical (unpaired) electrons. The molecule has 0 fully saturated rings. The van der Waals surface area contributed by atoms with Crippen molar-refractivity contribution in [1.82, 2.24) is 9.36 Å². The zero-order chi connectivity index (χ0) is 13.0. The first-order valence-electron chi connectivity index (χ1n) is 5.64. The lowest BCUT2D eigenvalue weighted by Gasteiger charge is -2.11. The summed E-state index contributed by atoms with van der Waals surface area (Å²) in [6.45, 7) is 2.71. The van der Waals surface area contributed by atoms with Crippen molar-refractivity contribution >= 4 is 22.4 Å². The summed E-state index contributed by atoms with van der Waals surface area (Å²) < 4.78 is 9.39.